The zero-order chi connectivity index (χ0) is 17.7. The summed E-state index contributed by atoms with van der Waals surface area (Å²) in [5, 5.41) is 12.1. The third kappa shape index (κ3) is 4.40. The van der Waals surface area contributed by atoms with Crippen LogP contribution in [-0.4, -0.2) is 47.8 Å². The number of hydrogen-bond acceptors (Lipinski definition) is 5. The van der Waals surface area contributed by atoms with Crippen LogP contribution in [0.3, 0.4) is 0 Å². The molecule has 7 nitrogen and oxygen atoms in total. The summed E-state index contributed by atoms with van der Waals surface area (Å²) in [6, 6.07) is 6.60. The van der Waals surface area contributed by atoms with Crippen LogP contribution >= 0.6 is 11.6 Å². The van der Waals surface area contributed by atoms with Crippen LogP contribution in [0.15, 0.2) is 30.0 Å². The molecule has 1 aliphatic heterocycles. The second kappa shape index (κ2) is 7.70. The highest BCUT2D eigenvalue weighted by Gasteiger charge is 2.19. The summed E-state index contributed by atoms with van der Waals surface area (Å²) < 4.78 is 0. The van der Waals surface area contributed by atoms with Crippen molar-refractivity contribution in [2.75, 3.05) is 37.2 Å². The fourth-order valence-corrected chi connectivity index (χ4v) is 2.55. The number of benzene rings is 1. The van der Waals surface area contributed by atoms with Gasteiger partial charge in [-0.2, -0.15) is 5.26 Å². The van der Waals surface area contributed by atoms with E-state index >= 15 is 0 Å². The van der Waals surface area contributed by atoms with E-state index in [1.807, 2.05) is 11.0 Å². The minimum absolute atomic E-state index is 0.0230. The number of hydrogen-bond donors (Lipinski definition) is 2. The number of rotatable bonds is 3. The summed E-state index contributed by atoms with van der Waals surface area (Å²) >= 11 is 6.01. The van der Waals surface area contributed by atoms with Crippen molar-refractivity contribution in [1.82, 2.24) is 9.80 Å². The molecule has 2 amide bonds. The van der Waals surface area contributed by atoms with Crippen molar-refractivity contribution < 1.29 is 9.59 Å². The number of nitrogen functional groups attached to an aromatic ring is 1. The van der Waals surface area contributed by atoms with Crippen LogP contribution in [0.2, 0.25) is 5.02 Å². The minimum Gasteiger partial charge on any atom is -0.399 e. The Morgan fingerprint density at radius 3 is 2.54 bits per heavy atom. The normalized spacial score (nSPS) is 15.0. The van der Waals surface area contributed by atoms with E-state index in [9.17, 15) is 14.9 Å². The van der Waals surface area contributed by atoms with Crippen LogP contribution in [0, 0.1) is 11.3 Å². The SMILES string of the molecule is CC(=O)N1CCN(/C=C(/C#N)C(=O)Nc2ccc(N)cc2Cl)CC1. The van der Waals surface area contributed by atoms with Crippen LogP contribution in [0.5, 0.6) is 0 Å². The molecule has 1 aromatic rings. The zero-order valence-electron chi connectivity index (χ0n) is 13.3. The van der Waals surface area contributed by atoms with E-state index in [0.29, 0.717) is 42.6 Å². The van der Waals surface area contributed by atoms with Crippen molar-refractivity contribution in [3.63, 3.8) is 0 Å². The predicted molar refractivity (Wildman–Crippen MR) is 92.0 cm³/mol. The van der Waals surface area contributed by atoms with E-state index < -0.39 is 5.91 Å². The molecule has 1 heterocycles. The molecule has 0 aromatic heterocycles. The molecule has 8 heteroatoms. The molecule has 2 rings (SSSR count). The second-order valence-electron chi connectivity index (χ2n) is 5.39. The Kier molecular flexibility index (Phi) is 5.66. The van der Waals surface area contributed by atoms with Gasteiger partial charge in [0.2, 0.25) is 5.91 Å². The lowest BCUT2D eigenvalue weighted by Gasteiger charge is -2.33. The van der Waals surface area contributed by atoms with E-state index in [0.717, 1.165) is 0 Å². The van der Waals surface area contributed by atoms with Gasteiger partial charge in [-0.15, -0.1) is 0 Å². The number of nitrogens with one attached hydrogen (secondary N) is 1. The maximum atomic E-state index is 12.2. The molecule has 24 heavy (non-hydrogen) atoms. The lowest BCUT2D eigenvalue weighted by atomic mass is 10.2. The van der Waals surface area contributed by atoms with Crippen LogP contribution < -0.4 is 11.1 Å². The first-order valence-electron chi connectivity index (χ1n) is 7.38. The van der Waals surface area contributed by atoms with Crippen molar-refractivity contribution in [1.29, 1.82) is 5.26 Å². The van der Waals surface area contributed by atoms with E-state index in [2.05, 4.69) is 5.32 Å². The Labute approximate surface area is 145 Å². The molecule has 1 aliphatic rings. The number of carbonyl (C=O) groups excluding carboxylic acids is 2. The molecule has 0 spiro atoms. The molecular formula is C16H18ClN5O2. The Balaban J connectivity index is 2.04. The van der Waals surface area contributed by atoms with Gasteiger partial charge in [0.15, 0.2) is 0 Å². The van der Waals surface area contributed by atoms with E-state index in [-0.39, 0.29) is 11.5 Å². The number of nitrogens with two attached hydrogens (primary N) is 1. The van der Waals surface area contributed by atoms with Gasteiger partial charge >= 0.3 is 0 Å². The molecule has 0 aliphatic carbocycles. The predicted octanol–water partition coefficient (Wildman–Crippen LogP) is 1.43. The fraction of sp³-hybridized carbons (Fsp3) is 0.312. The molecule has 0 atom stereocenters. The summed E-state index contributed by atoms with van der Waals surface area (Å²) in [5.74, 6) is -0.520. The first-order valence-corrected chi connectivity index (χ1v) is 7.76. The molecule has 1 aromatic carbocycles. The third-order valence-corrected chi connectivity index (χ3v) is 3.99. The number of piperazine rings is 1. The van der Waals surface area contributed by atoms with Crippen LogP contribution in [0.1, 0.15) is 6.92 Å². The molecule has 1 fully saturated rings. The van der Waals surface area contributed by atoms with Crippen LogP contribution in [-0.2, 0) is 9.59 Å². The average molecular weight is 348 g/mol. The molecule has 0 radical (unpaired) electrons. The maximum absolute atomic E-state index is 12.2. The Hall–Kier alpha value is -2.72. The van der Waals surface area contributed by atoms with Gasteiger partial charge in [0.1, 0.15) is 11.6 Å². The van der Waals surface area contributed by atoms with E-state index in [4.69, 9.17) is 17.3 Å². The summed E-state index contributed by atoms with van der Waals surface area (Å²) in [6.07, 6.45) is 1.51. The first-order chi connectivity index (χ1) is 11.4. The highest BCUT2D eigenvalue weighted by Crippen LogP contribution is 2.24. The number of amides is 2. The van der Waals surface area contributed by atoms with E-state index in [1.165, 1.54) is 19.2 Å². The van der Waals surface area contributed by atoms with Crippen LogP contribution in [0.25, 0.3) is 0 Å². The molecule has 126 valence electrons. The summed E-state index contributed by atoms with van der Waals surface area (Å²) in [6.45, 7) is 3.79. The number of nitriles is 1. The highest BCUT2D eigenvalue weighted by molar-refractivity contribution is 6.34. The van der Waals surface area contributed by atoms with Crippen molar-refractivity contribution in [3.05, 3.63) is 35.0 Å². The summed E-state index contributed by atoms with van der Waals surface area (Å²) in [5.41, 5.74) is 6.45. The van der Waals surface area contributed by atoms with Crippen molar-refractivity contribution in [2.24, 2.45) is 0 Å². The lowest BCUT2D eigenvalue weighted by molar-refractivity contribution is -0.130. The molecule has 1 saturated heterocycles. The van der Waals surface area contributed by atoms with Gasteiger partial charge in [0.25, 0.3) is 5.91 Å². The monoisotopic (exact) mass is 347 g/mol. The number of halogens is 1. The topological polar surface area (TPSA) is 102 Å². The quantitative estimate of drug-likeness (QED) is 0.489. The van der Waals surface area contributed by atoms with Crippen LogP contribution in [0.4, 0.5) is 11.4 Å². The number of anilines is 2. The Bertz CT molecular complexity index is 718. The number of nitrogens with zero attached hydrogens (tertiary/aromatic N) is 3. The maximum Gasteiger partial charge on any atom is 0.267 e. The molecule has 3 N–H and O–H groups in total. The van der Waals surface area contributed by atoms with E-state index in [1.54, 1.807) is 17.0 Å². The van der Waals surface area contributed by atoms with Crippen molar-refractivity contribution in [2.45, 2.75) is 6.92 Å². The van der Waals surface area contributed by atoms with Gasteiger partial charge in [0, 0.05) is 45.0 Å². The van der Waals surface area contributed by atoms with Gasteiger partial charge in [-0.25, -0.2) is 0 Å². The van der Waals surface area contributed by atoms with Gasteiger partial charge < -0.3 is 20.9 Å². The van der Waals surface area contributed by atoms with Crippen molar-refractivity contribution in [3.8, 4) is 6.07 Å². The second-order valence-corrected chi connectivity index (χ2v) is 5.80. The van der Waals surface area contributed by atoms with Gasteiger partial charge in [-0.05, 0) is 18.2 Å². The molecular weight excluding hydrogens is 330 g/mol. The lowest BCUT2D eigenvalue weighted by Crippen LogP contribution is -2.46. The number of carbonyl (C=O) groups is 2. The third-order valence-electron chi connectivity index (χ3n) is 3.68. The average Bonchev–Trinajstić information content (AvgIpc) is 2.55. The summed E-state index contributed by atoms with van der Waals surface area (Å²) in [7, 11) is 0. The highest BCUT2D eigenvalue weighted by atomic mass is 35.5. The first kappa shape index (κ1) is 17.6. The zero-order valence-corrected chi connectivity index (χ0v) is 14.0. The standard InChI is InChI=1S/C16H18ClN5O2/c1-11(23)22-6-4-21(5-7-22)10-12(9-18)16(24)20-15-3-2-13(19)8-14(15)17/h2-3,8,10H,4-7,19H2,1H3,(H,20,24)/b12-10-. The van der Waals surface area contributed by atoms with Gasteiger partial charge in [-0.1, -0.05) is 11.6 Å². The fourth-order valence-electron chi connectivity index (χ4n) is 2.31. The smallest absolute Gasteiger partial charge is 0.267 e. The van der Waals surface area contributed by atoms with Gasteiger partial charge in [0.05, 0.1) is 10.7 Å². The molecule has 0 unspecified atom stereocenters. The largest absolute Gasteiger partial charge is 0.399 e. The van der Waals surface area contributed by atoms with Crippen molar-refractivity contribution >= 4 is 34.8 Å². The summed E-state index contributed by atoms with van der Waals surface area (Å²) in [4.78, 5) is 27.1. The minimum atomic E-state index is -0.543. The Morgan fingerprint density at radius 1 is 1.33 bits per heavy atom. The van der Waals surface area contributed by atoms with Gasteiger partial charge in [-0.3, -0.25) is 9.59 Å². The Morgan fingerprint density at radius 2 is 2.00 bits per heavy atom. The molecule has 0 bridgehead atoms. The molecule has 0 saturated carbocycles.